The molecule has 0 radical (unpaired) electrons. The van der Waals surface area contributed by atoms with E-state index in [1.165, 1.54) is 6.08 Å². The van der Waals surface area contributed by atoms with Crippen LogP contribution in [0.1, 0.15) is 31.4 Å². The summed E-state index contributed by atoms with van der Waals surface area (Å²) >= 11 is 0. The first-order valence-electron chi connectivity index (χ1n) is 7.05. The normalized spacial score (nSPS) is 10.8. The lowest BCUT2D eigenvalue weighted by atomic mass is 9.77. The number of rotatable bonds is 7. The molecule has 0 unspecified atom stereocenters. The van der Waals surface area contributed by atoms with E-state index in [1.807, 2.05) is 13.0 Å². The van der Waals surface area contributed by atoms with Crippen molar-refractivity contribution in [3.05, 3.63) is 48.0 Å². The Labute approximate surface area is 125 Å². The molecule has 21 heavy (non-hydrogen) atoms. The van der Waals surface area contributed by atoms with Crippen LogP contribution < -0.4 is 0 Å². The molecule has 1 rings (SSSR count). The Kier molecular flexibility index (Phi) is 6.15. The van der Waals surface area contributed by atoms with Gasteiger partial charge in [-0.3, -0.25) is 9.59 Å². The summed E-state index contributed by atoms with van der Waals surface area (Å²) in [4.78, 5) is 25.0. The lowest BCUT2D eigenvalue weighted by Crippen LogP contribution is -2.46. The highest BCUT2D eigenvalue weighted by Gasteiger charge is 2.49. The van der Waals surface area contributed by atoms with Crippen LogP contribution in [0.15, 0.2) is 36.9 Å². The van der Waals surface area contributed by atoms with Crippen LogP contribution in [0.2, 0.25) is 0 Å². The molecule has 0 amide bonds. The van der Waals surface area contributed by atoms with E-state index in [2.05, 4.69) is 6.58 Å². The van der Waals surface area contributed by atoms with E-state index in [1.54, 1.807) is 32.0 Å². The molecular formula is C17H22O4. The summed E-state index contributed by atoms with van der Waals surface area (Å²) in [5.74, 6) is -1.21. The van der Waals surface area contributed by atoms with Crippen LogP contribution in [-0.2, 0) is 24.5 Å². The van der Waals surface area contributed by atoms with Gasteiger partial charge in [0.2, 0.25) is 0 Å². The Hall–Kier alpha value is -2.10. The van der Waals surface area contributed by atoms with Gasteiger partial charge in [0.05, 0.1) is 13.2 Å². The third-order valence-electron chi connectivity index (χ3n) is 3.21. The molecule has 0 bridgehead atoms. The zero-order chi connectivity index (χ0) is 15.9. The van der Waals surface area contributed by atoms with Crippen molar-refractivity contribution < 1.29 is 19.1 Å². The molecule has 4 heteroatoms. The van der Waals surface area contributed by atoms with Crippen LogP contribution >= 0.6 is 0 Å². The van der Waals surface area contributed by atoms with E-state index in [4.69, 9.17) is 9.47 Å². The monoisotopic (exact) mass is 290 g/mol. The molecule has 0 spiro atoms. The van der Waals surface area contributed by atoms with Crippen LogP contribution in [0.3, 0.4) is 0 Å². The van der Waals surface area contributed by atoms with Crippen molar-refractivity contribution in [3.63, 3.8) is 0 Å². The van der Waals surface area contributed by atoms with Gasteiger partial charge in [0.25, 0.3) is 0 Å². The van der Waals surface area contributed by atoms with Gasteiger partial charge in [-0.05, 0) is 32.8 Å². The highest BCUT2D eigenvalue weighted by molar-refractivity contribution is 6.06. The van der Waals surface area contributed by atoms with Crippen LogP contribution in [0.4, 0.5) is 0 Å². The molecule has 1 aromatic carbocycles. The standard InChI is InChI=1S/C17H22O4/c1-5-11-17(15(18)20-6-2,16(19)21-7-3)14-10-8-9-13(4)12-14/h5,8-10,12H,1,6-7,11H2,2-4H3. The molecule has 0 heterocycles. The zero-order valence-electron chi connectivity index (χ0n) is 12.8. The molecule has 0 atom stereocenters. The number of aryl methyl sites for hydroxylation is 1. The van der Waals surface area contributed by atoms with Crippen LogP contribution in [0.5, 0.6) is 0 Å². The van der Waals surface area contributed by atoms with E-state index in [0.29, 0.717) is 5.56 Å². The highest BCUT2D eigenvalue weighted by Crippen LogP contribution is 2.32. The minimum atomic E-state index is -1.49. The molecule has 1 aromatic rings. The third-order valence-corrected chi connectivity index (χ3v) is 3.21. The Morgan fingerprint density at radius 3 is 2.19 bits per heavy atom. The first-order valence-corrected chi connectivity index (χ1v) is 7.05. The van der Waals surface area contributed by atoms with Crippen molar-refractivity contribution in [2.45, 2.75) is 32.6 Å². The zero-order valence-corrected chi connectivity index (χ0v) is 12.8. The lowest BCUT2D eigenvalue weighted by molar-refractivity contribution is -0.164. The summed E-state index contributed by atoms with van der Waals surface area (Å²) in [6.45, 7) is 9.37. The number of hydrogen-bond acceptors (Lipinski definition) is 4. The maximum atomic E-state index is 12.5. The molecule has 0 saturated carbocycles. The minimum absolute atomic E-state index is 0.133. The van der Waals surface area contributed by atoms with Crippen LogP contribution in [0, 0.1) is 6.92 Å². The Morgan fingerprint density at radius 2 is 1.76 bits per heavy atom. The number of carbonyl (C=O) groups is 2. The van der Waals surface area contributed by atoms with Crippen molar-refractivity contribution >= 4 is 11.9 Å². The molecule has 0 saturated heterocycles. The summed E-state index contributed by atoms with van der Waals surface area (Å²) in [6, 6.07) is 7.25. The van der Waals surface area contributed by atoms with Crippen LogP contribution in [0.25, 0.3) is 0 Å². The lowest BCUT2D eigenvalue weighted by Gasteiger charge is -2.28. The Balaban J connectivity index is 3.46. The van der Waals surface area contributed by atoms with E-state index in [-0.39, 0.29) is 19.6 Å². The van der Waals surface area contributed by atoms with E-state index < -0.39 is 17.4 Å². The fourth-order valence-electron chi connectivity index (χ4n) is 2.24. The summed E-state index contributed by atoms with van der Waals surface area (Å²) in [5, 5.41) is 0. The second-order valence-electron chi connectivity index (χ2n) is 4.71. The number of hydrogen-bond donors (Lipinski definition) is 0. The Morgan fingerprint density at radius 1 is 1.19 bits per heavy atom. The fraction of sp³-hybridized carbons (Fsp3) is 0.412. The average Bonchev–Trinajstić information content (AvgIpc) is 2.45. The van der Waals surface area contributed by atoms with E-state index >= 15 is 0 Å². The van der Waals surface area contributed by atoms with Crippen LogP contribution in [-0.4, -0.2) is 25.2 Å². The SMILES string of the molecule is C=CCC(C(=O)OCC)(C(=O)OCC)c1cccc(C)c1. The molecule has 0 aliphatic rings. The first-order chi connectivity index (χ1) is 10.0. The molecule has 4 nitrogen and oxygen atoms in total. The molecule has 0 aromatic heterocycles. The molecule has 0 aliphatic carbocycles. The van der Waals surface area contributed by atoms with Gasteiger partial charge in [0, 0.05) is 0 Å². The number of allylic oxidation sites excluding steroid dienone is 1. The molecule has 114 valence electrons. The average molecular weight is 290 g/mol. The van der Waals surface area contributed by atoms with Crippen molar-refractivity contribution in [2.24, 2.45) is 0 Å². The summed E-state index contributed by atoms with van der Waals surface area (Å²) in [7, 11) is 0. The smallest absolute Gasteiger partial charge is 0.328 e. The predicted octanol–water partition coefficient (Wildman–Crippen LogP) is 2.94. The second kappa shape index (κ2) is 7.62. The van der Waals surface area contributed by atoms with E-state index in [9.17, 15) is 9.59 Å². The molecule has 0 N–H and O–H groups in total. The largest absolute Gasteiger partial charge is 0.465 e. The quantitative estimate of drug-likeness (QED) is 0.440. The maximum absolute atomic E-state index is 12.5. The van der Waals surface area contributed by atoms with Gasteiger partial charge in [-0.2, -0.15) is 0 Å². The van der Waals surface area contributed by atoms with Gasteiger partial charge in [0.15, 0.2) is 5.41 Å². The molecular weight excluding hydrogens is 268 g/mol. The predicted molar refractivity (Wildman–Crippen MR) is 80.9 cm³/mol. The second-order valence-corrected chi connectivity index (χ2v) is 4.71. The van der Waals surface area contributed by atoms with Gasteiger partial charge >= 0.3 is 11.9 Å². The summed E-state index contributed by atoms with van der Waals surface area (Å²) in [6.07, 6.45) is 1.67. The number of esters is 2. The third kappa shape index (κ3) is 3.51. The molecule has 0 aliphatic heterocycles. The highest BCUT2D eigenvalue weighted by atomic mass is 16.6. The van der Waals surface area contributed by atoms with Gasteiger partial charge < -0.3 is 9.47 Å². The van der Waals surface area contributed by atoms with E-state index in [0.717, 1.165) is 5.56 Å². The molecule has 0 fully saturated rings. The maximum Gasteiger partial charge on any atom is 0.328 e. The first kappa shape index (κ1) is 17.0. The number of ether oxygens (including phenoxy) is 2. The van der Waals surface area contributed by atoms with Gasteiger partial charge in [0.1, 0.15) is 0 Å². The van der Waals surface area contributed by atoms with Crippen molar-refractivity contribution in [1.82, 2.24) is 0 Å². The minimum Gasteiger partial charge on any atom is -0.465 e. The summed E-state index contributed by atoms with van der Waals surface area (Å²) in [5.41, 5.74) is 0.0357. The van der Waals surface area contributed by atoms with Crippen molar-refractivity contribution in [1.29, 1.82) is 0 Å². The topological polar surface area (TPSA) is 52.6 Å². The number of carbonyl (C=O) groups excluding carboxylic acids is 2. The Bertz CT molecular complexity index is 501. The summed E-state index contributed by atoms with van der Waals surface area (Å²) < 4.78 is 10.3. The van der Waals surface area contributed by atoms with Gasteiger partial charge in [-0.15, -0.1) is 6.58 Å². The van der Waals surface area contributed by atoms with Gasteiger partial charge in [-0.25, -0.2) is 0 Å². The fourth-order valence-corrected chi connectivity index (χ4v) is 2.24. The van der Waals surface area contributed by atoms with Gasteiger partial charge in [-0.1, -0.05) is 35.9 Å². The van der Waals surface area contributed by atoms with Crippen molar-refractivity contribution in [3.8, 4) is 0 Å². The van der Waals surface area contributed by atoms with Crippen molar-refractivity contribution in [2.75, 3.05) is 13.2 Å². The number of benzene rings is 1.